The summed E-state index contributed by atoms with van der Waals surface area (Å²) in [5.74, 6) is -2.28. The first-order valence-electron chi connectivity index (χ1n) is 7.80. The summed E-state index contributed by atoms with van der Waals surface area (Å²) >= 11 is 1.17. The molecule has 7 nitrogen and oxygen atoms in total. The van der Waals surface area contributed by atoms with Crippen molar-refractivity contribution >= 4 is 28.2 Å². The Labute approximate surface area is 157 Å². The fraction of sp³-hybridized carbons (Fsp3) is 0.0526. The number of anilines is 1. The molecule has 138 valence electrons. The van der Waals surface area contributed by atoms with Gasteiger partial charge >= 0.3 is 5.97 Å². The average molecular weight is 385 g/mol. The number of phenolic OH excluding ortho intramolecular Hbond substituents is 3. The topological polar surface area (TPSA) is 127 Å². The van der Waals surface area contributed by atoms with E-state index in [9.17, 15) is 24.9 Å². The molecular formula is C19H15NO6S. The molecule has 0 unspecified atom stereocenters. The van der Waals surface area contributed by atoms with Crippen LogP contribution in [-0.2, 0) is 11.2 Å². The molecule has 0 saturated carbocycles. The minimum atomic E-state index is -0.948. The lowest BCUT2D eigenvalue weighted by Gasteiger charge is -2.10. The summed E-state index contributed by atoms with van der Waals surface area (Å²) in [7, 11) is 0. The molecule has 3 rings (SSSR count). The Hall–Kier alpha value is -3.52. The molecule has 0 radical (unpaired) electrons. The molecule has 0 bridgehead atoms. The maximum atomic E-state index is 12.5. The van der Waals surface area contributed by atoms with Gasteiger partial charge in [0.25, 0.3) is 5.91 Å². The van der Waals surface area contributed by atoms with Crippen LogP contribution in [-0.4, -0.2) is 32.3 Å². The predicted octanol–water partition coefficient (Wildman–Crippen LogP) is 3.41. The fourth-order valence-electron chi connectivity index (χ4n) is 2.58. The van der Waals surface area contributed by atoms with E-state index in [-0.39, 0.29) is 34.8 Å². The second kappa shape index (κ2) is 7.38. The number of thiophene rings is 1. The summed E-state index contributed by atoms with van der Waals surface area (Å²) in [6.07, 6.45) is -0.116. The van der Waals surface area contributed by atoms with Crippen molar-refractivity contribution < 1.29 is 30.0 Å². The number of amides is 1. The quantitative estimate of drug-likeness (QED) is 0.458. The summed E-state index contributed by atoms with van der Waals surface area (Å²) in [5, 5.41) is 41.4. The van der Waals surface area contributed by atoms with Crippen molar-refractivity contribution in [3.8, 4) is 28.4 Å². The molecule has 0 aliphatic heterocycles. The van der Waals surface area contributed by atoms with Gasteiger partial charge < -0.3 is 25.7 Å². The van der Waals surface area contributed by atoms with Crippen LogP contribution < -0.4 is 5.32 Å². The molecule has 2 aromatic carbocycles. The number of phenols is 3. The van der Waals surface area contributed by atoms with Crippen LogP contribution in [0, 0.1) is 0 Å². The lowest BCUT2D eigenvalue weighted by molar-refractivity contribution is -0.136. The van der Waals surface area contributed by atoms with Gasteiger partial charge in [-0.15, -0.1) is 11.3 Å². The monoisotopic (exact) mass is 385 g/mol. The van der Waals surface area contributed by atoms with E-state index in [0.29, 0.717) is 15.4 Å². The van der Waals surface area contributed by atoms with E-state index in [4.69, 9.17) is 5.11 Å². The van der Waals surface area contributed by atoms with Gasteiger partial charge in [0.1, 0.15) is 17.2 Å². The van der Waals surface area contributed by atoms with E-state index < -0.39 is 11.9 Å². The first kappa shape index (κ1) is 18.3. The van der Waals surface area contributed by atoms with Crippen LogP contribution in [0.1, 0.15) is 15.2 Å². The van der Waals surface area contributed by atoms with E-state index >= 15 is 0 Å². The van der Waals surface area contributed by atoms with Crippen LogP contribution in [0.2, 0.25) is 0 Å². The van der Waals surface area contributed by atoms with Crippen molar-refractivity contribution in [2.24, 2.45) is 0 Å². The molecular weight excluding hydrogens is 370 g/mol. The summed E-state index contributed by atoms with van der Waals surface area (Å²) in [6.45, 7) is 0. The Bertz CT molecular complexity index is 1000. The number of carbonyl (C=O) groups excluding carboxylic acids is 1. The van der Waals surface area contributed by atoms with Crippen LogP contribution in [0.3, 0.4) is 0 Å². The molecule has 0 fully saturated rings. The van der Waals surface area contributed by atoms with Crippen LogP contribution in [0.5, 0.6) is 17.2 Å². The Morgan fingerprint density at radius 2 is 1.67 bits per heavy atom. The van der Waals surface area contributed by atoms with Crippen molar-refractivity contribution in [2.75, 3.05) is 5.32 Å². The molecule has 0 aliphatic rings. The normalized spacial score (nSPS) is 10.5. The number of carboxylic acid groups (broad SMARTS) is 1. The van der Waals surface area contributed by atoms with Crippen LogP contribution in [0.15, 0.2) is 48.5 Å². The zero-order valence-electron chi connectivity index (χ0n) is 13.8. The first-order valence-corrected chi connectivity index (χ1v) is 8.62. The van der Waals surface area contributed by atoms with Crippen molar-refractivity contribution in [3.05, 3.63) is 59.0 Å². The molecule has 1 amide bonds. The van der Waals surface area contributed by atoms with Gasteiger partial charge in [0.15, 0.2) is 0 Å². The SMILES string of the molecule is O=C(O)Cc1ccc(NC(=O)c2cccc(-c3c(O)cc(O)cc3O)c2)s1. The van der Waals surface area contributed by atoms with Gasteiger partial charge in [-0.05, 0) is 29.8 Å². The van der Waals surface area contributed by atoms with Gasteiger partial charge in [0.2, 0.25) is 0 Å². The molecule has 8 heteroatoms. The minimum Gasteiger partial charge on any atom is -0.508 e. The van der Waals surface area contributed by atoms with E-state index in [1.807, 2.05) is 0 Å². The third-order valence-corrected chi connectivity index (χ3v) is 4.72. The highest BCUT2D eigenvalue weighted by Crippen LogP contribution is 2.40. The summed E-state index contributed by atoms with van der Waals surface area (Å²) in [4.78, 5) is 23.8. The highest BCUT2D eigenvalue weighted by atomic mass is 32.1. The number of aromatic hydroxyl groups is 3. The standard InChI is InChI=1S/C19H15NO6S/c21-12-7-14(22)18(15(23)8-12)10-2-1-3-11(6-10)19(26)20-16-5-4-13(27-16)9-17(24)25/h1-8,21-23H,9H2,(H,20,26)(H,24,25). The van der Waals surface area contributed by atoms with Gasteiger partial charge in [0, 0.05) is 22.6 Å². The molecule has 27 heavy (non-hydrogen) atoms. The maximum Gasteiger partial charge on any atom is 0.308 e. The average Bonchev–Trinajstić information content (AvgIpc) is 3.00. The largest absolute Gasteiger partial charge is 0.508 e. The summed E-state index contributed by atoms with van der Waals surface area (Å²) in [6, 6.07) is 11.7. The van der Waals surface area contributed by atoms with E-state index in [1.54, 1.807) is 30.3 Å². The minimum absolute atomic E-state index is 0.0994. The Kier molecular flexibility index (Phi) is 5.00. The second-order valence-corrected chi connectivity index (χ2v) is 6.90. The Balaban J connectivity index is 1.84. The highest BCUT2D eigenvalue weighted by Gasteiger charge is 2.15. The van der Waals surface area contributed by atoms with E-state index in [2.05, 4.69) is 5.32 Å². The third kappa shape index (κ3) is 4.18. The van der Waals surface area contributed by atoms with Gasteiger partial charge in [-0.3, -0.25) is 9.59 Å². The van der Waals surface area contributed by atoms with E-state index in [0.717, 1.165) is 12.1 Å². The number of nitrogens with one attached hydrogen (secondary N) is 1. The second-order valence-electron chi connectivity index (χ2n) is 5.73. The molecule has 5 N–H and O–H groups in total. The molecule has 1 heterocycles. The number of rotatable bonds is 5. The first-order chi connectivity index (χ1) is 12.8. The fourth-order valence-corrected chi connectivity index (χ4v) is 3.48. The molecule has 1 aromatic heterocycles. The van der Waals surface area contributed by atoms with Crippen molar-refractivity contribution in [2.45, 2.75) is 6.42 Å². The maximum absolute atomic E-state index is 12.5. The van der Waals surface area contributed by atoms with Crippen LogP contribution in [0.4, 0.5) is 5.00 Å². The van der Waals surface area contributed by atoms with Gasteiger partial charge in [-0.1, -0.05) is 12.1 Å². The predicted molar refractivity (Wildman–Crippen MR) is 100 cm³/mol. The zero-order valence-corrected chi connectivity index (χ0v) is 14.7. The lowest BCUT2D eigenvalue weighted by atomic mass is 10.0. The van der Waals surface area contributed by atoms with E-state index in [1.165, 1.54) is 17.4 Å². The van der Waals surface area contributed by atoms with Gasteiger partial charge in [-0.25, -0.2) is 0 Å². The summed E-state index contributed by atoms with van der Waals surface area (Å²) in [5.41, 5.74) is 0.783. The summed E-state index contributed by atoms with van der Waals surface area (Å²) < 4.78 is 0. The lowest BCUT2D eigenvalue weighted by Crippen LogP contribution is -2.10. The van der Waals surface area contributed by atoms with Crippen molar-refractivity contribution in [1.82, 2.24) is 0 Å². The number of hydrogen-bond donors (Lipinski definition) is 5. The van der Waals surface area contributed by atoms with Gasteiger partial charge in [0.05, 0.1) is 17.0 Å². The molecule has 0 spiro atoms. The number of aliphatic carboxylic acids is 1. The number of benzene rings is 2. The molecule has 3 aromatic rings. The zero-order chi connectivity index (χ0) is 19.6. The number of carbonyl (C=O) groups is 2. The van der Waals surface area contributed by atoms with Gasteiger partial charge in [-0.2, -0.15) is 0 Å². The smallest absolute Gasteiger partial charge is 0.308 e. The highest BCUT2D eigenvalue weighted by molar-refractivity contribution is 7.16. The van der Waals surface area contributed by atoms with Crippen LogP contribution >= 0.6 is 11.3 Å². The Morgan fingerprint density at radius 1 is 0.963 bits per heavy atom. The number of hydrogen-bond acceptors (Lipinski definition) is 6. The third-order valence-electron chi connectivity index (χ3n) is 3.72. The van der Waals surface area contributed by atoms with Crippen LogP contribution in [0.25, 0.3) is 11.1 Å². The van der Waals surface area contributed by atoms with Crippen molar-refractivity contribution in [3.63, 3.8) is 0 Å². The molecule has 0 aliphatic carbocycles. The van der Waals surface area contributed by atoms with Crippen molar-refractivity contribution in [1.29, 1.82) is 0 Å². The number of carboxylic acids is 1. The molecule has 0 atom stereocenters. The molecule has 0 saturated heterocycles. The Morgan fingerprint density at radius 3 is 2.33 bits per heavy atom.